The number of hydrogen-bond acceptors (Lipinski definition) is 3. The number of carbonyl (C=O) groups is 2. The summed E-state index contributed by atoms with van der Waals surface area (Å²) in [6.45, 7) is 9.31. The number of carbonyl (C=O) groups excluding carboxylic acids is 2. The monoisotopic (exact) mass is 255 g/mol. The Balaban J connectivity index is 2.55. The van der Waals surface area contributed by atoms with Crippen molar-refractivity contribution in [3.8, 4) is 0 Å². The van der Waals surface area contributed by atoms with Gasteiger partial charge >= 0.3 is 6.09 Å². The molecule has 0 bridgehead atoms. The van der Waals surface area contributed by atoms with E-state index in [2.05, 4.69) is 5.32 Å². The van der Waals surface area contributed by atoms with Gasteiger partial charge in [-0.1, -0.05) is 20.3 Å². The molecule has 2 atom stereocenters. The first-order valence-electron chi connectivity index (χ1n) is 6.74. The van der Waals surface area contributed by atoms with Crippen molar-refractivity contribution in [1.29, 1.82) is 0 Å². The standard InChI is InChI=1S/C14H25NO3/c1-9(2)12(16)10-7-6-8-11(10)15-13(17)18-14(3,4)5/h9-11H,6-8H2,1-5H3,(H,15,17)/t10-,11-/m0/s1. The van der Waals surface area contributed by atoms with Crippen LogP contribution in [0.1, 0.15) is 53.9 Å². The second-order valence-corrected chi connectivity index (χ2v) is 6.35. The van der Waals surface area contributed by atoms with E-state index in [-0.39, 0.29) is 23.7 Å². The number of ether oxygens (including phenoxy) is 1. The van der Waals surface area contributed by atoms with Gasteiger partial charge in [0.15, 0.2) is 0 Å². The zero-order chi connectivity index (χ0) is 13.9. The summed E-state index contributed by atoms with van der Waals surface area (Å²) in [7, 11) is 0. The number of amides is 1. The molecule has 0 heterocycles. The van der Waals surface area contributed by atoms with Crippen molar-refractivity contribution in [3.05, 3.63) is 0 Å². The van der Waals surface area contributed by atoms with E-state index in [0.29, 0.717) is 0 Å². The molecule has 0 saturated heterocycles. The molecule has 1 N–H and O–H groups in total. The summed E-state index contributed by atoms with van der Waals surface area (Å²) in [6.07, 6.45) is 2.31. The fourth-order valence-corrected chi connectivity index (χ4v) is 2.36. The zero-order valence-corrected chi connectivity index (χ0v) is 12.1. The van der Waals surface area contributed by atoms with Crippen LogP contribution in [0.2, 0.25) is 0 Å². The lowest BCUT2D eigenvalue weighted by Crippen LogP contribution is -2.43. The zero-order valence-electron chi connectivity index (χ0n) is 12.1. The lowest BCUT2D eigenvalue weighted by molar-refractivity contribution is -0.126. The molecule has 0 radical (unpaired) electrons. The molecular formula is C14H25NO3. The molecule has 0 aromatic carbocycles. The van der Waals surface area contributed by atoms with E-state index in [1.807, 2.05) is 34.6 Å². The Hall–Kier alpha value is -1.06. The number of nitrogens with one attached hydrogen (secondary N) is 1. The molecular weight excluding hydrogens is 230 g/mol. The molecule has 1 amide bonds. The van der Waals surface area contributed by atoms with Crippen LogP contribution in [0.15, 0.2) is 0 Å². The highest BCUT2D eigenvalue weighted by atomic mass is 16.6. The predicted molar refractivity (Wildman–Crippen MR) is 70.3 cm³/mol. The Morgan fingerprint density at radius 2 is 1.83 bits per heavy atom. The minimum absolute atomic E-state index is 0.0241. The minimum Gasteiger partial charge on any atom is -0.444 e. The fourth-order valence-electron chi connectivity index (χ4n) is 2.36. The smallest absolute Gasteiger partial charge is 0.407 e. The summed E-state index contributed by atoms with van der Waals surface area (Å²) in [4.78, 5) is 23.7. The highest BCUT2D eigenvalue weighted by Gasteiger charge is 2.35. The molecule has 104 valence electrons. The number of alkyl carbamates (subject to hydrolysis) is 1. The Kier molecular flexibility index (Phi) is 4.77. The summed E-state index contributed by atoms with van der Waals surface area (Å²) in [6, 6.07) is -0.0604. The second-order valence-electron chi connectivity index (χ2n) is 6.35. The van der Waals surface area contributed by atoms with Crippen molar-refractivity contribution in [2.45, 2.75) is 65.5 Å². The van der Waals surface area contributed by atoms with Gasteiger partial charge in [-0.15, -0.1) is 0 Å². The third kappa shape index (κ3) is 4.31. The summed E-state index contributed by atoms with van der Waals surface area (Å²) >= 11 is 0. The quantitative estimate of drug-likeness (QED) is 0.843. The van der Waals surface area contributed by atoms with Crippen molar-refractivity contribution < 1.29 is 14.3 Å². The van der Waals surface area contributed by atoms with Crippen LogP contribution in [-0.4, -0.2) is 23.5 Å². The van der Waals surface area contributed by atoms with E-state index in [0.717, 1.165) is 19.3 Å². The molecule has 1 saturated carbocycles. The van der Waals surface area contributed by atoms with Gasteiger partial charge < -0.3 is 10.1 Å². The van der Waals surface area contributed by atoms with Gasteiger partial charge in [0, 0.05) is 17.9 Å². The summed E-state index contributed by atoms with van der Waals surface area (Å²) in [5.41, 5.74) is -0.500. The predicted octanol–water partition coefficient (Wildman–Crippen LogP) is 2.90. The largest absolute Gasteiger partial charge is 0.444 e. The first kappa shape index (κ1) is 15.0. The van der Waals surface area contributed by atoms with E-state index in [9.17, 15) is 9.59 Å². The van der Waals surface area contributed by atoms with Gasteiger partial charge in [-0.2, -0.15) is 0 Å². The third-order valence-electron chi connectivity index (χ3n) is 3.15. The highest BCUT2D eigenvalue weighted by Crippen LogP contribution is 2.28. The molecule has 0 spiro atoms. The Morgan fingerprint density at radius 1 is 1.22 bits per heavy atom. The summed E-state index contributed by atoms with van der Waals surface area (Å²) in [5.74, 6) is 0.224. The molecule has 1 fully saturated rings. The van der Waals surface area contributed by atoms with Gasteiger partial charge in [-0.25, -0.2) is 4.79 Å². The van der Waals surface area contributed by atoms with Gasteiger partial charge in [-0.05, 0) is 33.6 Å². The number of Topliss-reactive ketones (excluding diaryl/α,β-unsaturated/α-hetero) is 1. The van der Waals surface area contributed by atoms with E-state index in [1.165, 1.54) is 0 Å². The Morgan fingerprint density at radius 3 is 2.33 bits per heavy atom. The van der Waals surface area contributed by atoms with Gasteiger partial charge in [0.1, 0.15) is 11.4 Å². The SMILES string of the molecule is CC(C)C(=O)[C@H]1CCC[C@@H]1NC(=O)OC(C)(C)C. The lowest BCUT2D eigenvalue weighted by Gasteiger charge is -2.25. The van der Waals surface area contributed by atoms with Crippen LogP contribution >= 0.6 is 0 Å². The van der Waals surface area contributed by atoms with E-state index >= 15 is 0 Å². The normalized spacial score (nSPS) is 24.1. The van der Waals surface area contributed by atoms with E-state index < -0.39 is 11.7 Å². The molecule has 4 nitrogen and oxygen atoms in total. The first-order chi connectivity index (χ1) is 8.20. The molecule has 0 aromatic heterocycles. The highest BCUT2D eigenvalue weighted by molar-refractivity contribution is 5.84. The molecule has 0 aromatic rings. The molecule has 1 aliphatic carbocycles. The van der Waals surface area contributed by atoms with Crippen molar-refractivity contribution >= 4 is 11.9 Å². The average Bonchev–Trinajstić information content (AvgIpc) is 2.61. The van der Waals surface area contributed by atoms with Crippen molar-refractivity contribution in [2.75, 3.05) is 0 Å². The van der Waals surface area contributed by atoms with Crippen LogP contribution in [0.4, 0.5) is 4.79 Å². The summed E-state index contributed by atoms with van der Waals surface area (Å²) in [5, 5.41) is 2.84. The molecule has 1 aliphatic rings. The Labute approximate surface area is 109 Å². The van der Waals surface area contributed by atoms with Gasteiger partial charge in [0.25, 0.3) is 0 Å². The van der Waals surface area contributed by atoms with Crippen LogP contribution in [0.25, 0.3) is 0 Å². The van der Waals surface area contributed by atoms with Crippen LogP contribution in [0.5, 0.6) is 0 Å². The number of ketones is 1. The lowest BCUT2D eigenvalue weighted by atomic mass is 9.91. The summed E-state index contributed by atoms with van der Waals surface area (Å²) < 4.78 is 5.23. The van der Waals surface area contributed by atoms with Crippen LogP contribution < -0.4 is 5.32 Å². The second kappa shape index (κ2) is 5.72. The van der Waals surface area contributed by atoms with Gasteiger partial charge in [0.2, 0.25) is 0 Å². The van der Waals surface area contributed by atoms with Crippen molar-refractivity contribution in [2.24, 2.45) is 11.8 Å². The minimum atomic E-state index is -0.500. The van der Waals surface area contributed by atoms with Crippen molar-refractivity contribution in [3.63, 3.8) is 0 Å². The molecule has 0 unspecified atom stereocenters. The first-order valence-corrected chi connectivity index (χ1v) is 6.74. The number of rotatable bonds is 3. The van der Waals surface area contributed by atoms with Crippen LogP contribution in [0, 0.1) is 11.8 Å². The molecule has 4 heteroatoms. The number of hydrogen-bond donors (Lipinski definition) is 1. The molecule has 1 rings (SSSR count). The van der Waals surface area contributed by atoms with Crippen LogP contribution in [0.3, 0.4) is 0 Å². The van der Waals surface area contributed by atoms with Gasteiger partial charge in [0.05, 0.1) is 0 Å². The van der Waals surface area contributed by atoms with Gasteiger partial charge in [-0.3, -0.25) is 4.79 Å². The molecule has 0 aliphatic heterocycles. The van der Waals surface area contributed by atoms with Crippen molar-refractivity contribution in [1.82, 2.24) is 5.32 Å². The molecule has 18 heavy (non-hydrogen) atoms. The van der Waals surface area contributed by atoms with E-state index in [4.69, 9.17) is 4.74 Å². The maximum atomic E-state index is 12.0. The maximum absolute atomic E-state index is 12.0. The average molecular weight is 255 g/mol. The third-order valence-corrected chi connectivity index (χ3v) is 3.15. The maximum Gasteiger partial charge on any atom is 0.407 e. The van der Waals surface area contributed by atoms with Crippen LogP contribution in [-0.2, 0) is 9.53 Å². The Bertz CT molecular complexity index is 317. The topological polar surface area (TPSA) is 55.4 Å². The van der Waals surface area contributed by atoms with E-state index in [1.54, 1.807) is 0 Å². The fraction of sp³-hybridized carbons (Fsp3) is 0.857.